The number of hydrogen-bond acceptors (Lipinski definition) is 5. The van der Waals surface area contributed by atoms with Gasteiger partial charge in [0.1, 0.15) is 24.2 Å². The molecule has 3 aromatic carbocycles. The third kappa shape index (κ3) is 7.79. The van der Waals surface area contributed by atoms with Crippen LogP contribution in [0.15, 0.2) is 83.8 Å². The number of nitrogens with one attached hydrogen (secondary N) is 1. The molecule has 0 unspecified atom stereocenters. The third-order valence-electron chi connectivity index (χ3n) is 6.23. The Bertz CT molecular complexity index is 1330. The molecule has 3 rings (SSSR count). The summed E-state index contributed by atoms with van der Waals surface area (Å²) in [5, 5.41) is 2.84. The van der Waals surface area contributed by atoms with Crippen LogP contribution in [0.5, 0.6) is 5.75 Å². The number of methoxy groups -OCH3 is 1. The summed E-state index contributed by atoms with van der Waals surface area (Å²) in [6.07, 6.45) is 1.69. The molecule has 1 atom stereocenters. The highest BCUT2D eigenvalue weighted by molar-refractivity contribution is 7.92. The number of rotatable bonds is 13. The number of ether oxygens (including phenoxy) is 1. The molecule has 0 heterocycles. The minimum absolute atomic E-state index is 0.0193. The molecule has 0 aliphatic heterocycles. The molecule has 0 aliphatic carbocycles. The maximum Gasteiger partial charge on any atom is 0.264 e. The topological polar surface area (TPSA) is 96.0 Å². The number of unbranched alkanes of at least 4 members (excludes halogenated alkanes) is 1. The molecule has 0 fully saturated rings. The summed E-state index contributed by atoms with van der Waals surface area (Å²) >= 11 is 0. The quantitative estimate of drug-likeness (QED) is 0.316. The fourth-order valence-corrected chi connectivity index (χ4v) is 5.34. The van der Waals surface area contributed by atoms with Crippen LogP contribution in [0.1, 0.15) is 32.3 Å². The number of hydrogen-bond donors (Lipinski definition) is 1. The number of amides is 2. The van der Waals surface area contributed by atoms with E-state index in [4.69, 9.17) is 4.74 Å². The van der Waals surface area contributed by atoms with E-state index < -0.39 is 34.3 Å². The molecular formula is C29H34FN3O5S. The van der Waals surface area contributed by atoms with Crippen molar-refractivity contribution in [2.75, 3.05) is 24.5 Å². The van der Waals surface area contributed by atoms with Crippen molar-refractivity contribution >= 4 is 27.5 Å². The summed E-state index contributed by atoms with van der Waals surface area (Å²) in [5.74, 6) is -0.837. The number of benzene rings is 3. The van der Waals surface area contributed by atoms with Gasteiger partial charge in [0.15, 0.2) is 0 Å². The number of carbonyl (C=O) groups is 2. The molecule has 0 saturated heterocycles. The van der Waals surface area contributed by atoms with Gasteiger partial charge in [-0.05, 0) is 67.4 Å². The van der Waals surface area contributed by atoms with Gasteiger partial charge in [-0.1, -0.05) is 43.7 Å². The number of sulfonamides is 1. The lowest BCUT2D eigenvalue weighted by Gasteiger charge is -2.32. The molecule has 0 spiro atoms. The first-order valence-electron chi connectivity index (χ1n) is 12.7. The minimum Gasteiger partial charge on any atom is -0.497 e. The lowest BCUT2D eigenvalue weighted by molar-refractivity contribution is -0.139. The minimum atomic E-state index is -4.19. The summed E-state index contributed by atoms with van der Waals surface area (Å²) in [4.78, 5) is 28.1. The molecular weight excluding hydrogens is 521 g/mol. The van der Waals surface area contributed by atoms with E-state index in [-0.39, 0.29) is 23.0 Å². The van der Waals surface area contributed by atoms with Gasteiger partial charge in [-0.2, -0.15) is 0 Å². The Labute approximate surface area is 229 Å². The van der Waals surface area contributed by atoms with Crippen LogP contribution in [0, 0.1) is 5.82 Å². The van der Waals surface area contributed by atoms with Gasteiger partial charge < -0.3 is 15.0 Å². The Morgan fingerprint density at radius 2 is 1.62 bits per heavy atom. The summed E-state index contributed by atoms with van der Waals surface area (Å²) in [6.45, 7) is 3.55. The SMILES string of the molecule is CCCCNC(=O)[C@H](C)N(Cc1ccc(OC)cc1)C(=O)CN(c1ccc(F)cc1)S(=O)(=O)c1ccccc1. The van der Waals surface area contributed by atoms with Crippen molar-refractivity contribution in [1.29, 1.82) is 0 Å². The van der Waals surface area contributed by atoms with Crippen molar-refractivity contribution in [1.82, 2.24) is 10.2 Å². The molecule has 10 heteroatoms. The van der Waals surface area contributed by atoms with Gasteiger partial charge >= 0.3 is 0 Å². The average molecular weight is 556 g/mol. The molecule has 3 aromatic rings. The molecule has 208 valence electrons. The summed E-state index contributed by atoms with van der Waals surface area (Å²) in [5.41, 5.74) is 0.856. The van der Waals surface area contributed by atoms with E-state index in [1.807, 2.05) is 6.92 Å². The highest BCUT2D eigenvalue weighted by Gasteiger charge is 2.32. The van der Waals surface area contributed by atoms with Crippen molar-refractivity contribution in [3.63, 3.8) is 0 Å². The standard InChI is InChI=1S/C29H34FN3O5S/c1-4-5-19-31-29(35)22(2)32(20-23-11-17-26(38-3)18-12-23)28(34)21-33(25-15-13-24(30)14-16-25)39(36,37)27-9-7-6-8-10-27/h6-18,22H,4-5,19-21H2,1-3H3,(H,31,35)/t22-/m0/s1. The second-order valence-corrected chi connectivity index (χ2v) is 10.9. The van der Waals surface area contributed by atoms with Crippen LogP contribution in [-0.2, 0) is 26.2 Å². The van der Waals surface area contributed by atoms with Crippen molar-refractivity contribution in [3.05, 3.63) is 90.2 Å². The zero-order valence-corrected chi connectivity index (χ0v) is 23.2. The molecule has 2 amide bonds. The molecule has 0 aliphatic rings. The van der Waals surface area contributed by atoms with Gasteiger partial charge in [-0.25, -0.2) is 12.8 Å². The van der Waals surface area contributed by atoms with Crippen LogP contribution in [0.3, 0.4) is 0 Å². The van der Waals surface area contributed by atoms with Crippen molar-refractivity contribution in [3.8, 4) is 5.75 Å². The van der Waals surface area contributed by atoms with Crippen molar-refractivity contribution in [2.45, 2.75) is 44.2 Å². The van der Waals surface area contributed by atoms with Gasteiger partial charge in [0, 0.05) is 13.1 Å². The van der Waals surface area contributed by atoms with Crippen LogP contribution in [0.25, 0.3) is 0 Å². The molecule has 0 bridgehead atoms. The fourth-order valence-electron chi connectivity index (χ4n) is 3.90. The van der Waals surface area contributed by atoms with Gasteiger partial charge in [0.2, 0.25) is 11.8 Å². The number of anilines is 1. The maximum atomic E-state index is 13.8. The Morgan fingerprint density at radius 3 is 2.21 bits per heavy atom. The largest absolute Gasteiger partial charge is 0.497 e. The lowest BCUT2D eigenvalue weighted by Crippen LogP contribution is -2.51. The molecule has 0 saturated carbocycles. The smallest absolute Gasteiger partial charge is 0.264 e. The Balaban J connectivity index is 1.97. The predicted octanol–water partition coefficient (Wildman–Crippen LogP) is 4.36. The first-order valence-corrected chi connectivity index (χ1v) is 14.1. The normalized spacial score (nSPS) is 11.9. The van der Waals surface area contributed by atoms with E-state index in [0.717, 1.165) is 34.8 Å². The third-order valence-corrected chi connectivity index (χ3v) is 8.02. The van der Waals surface area contributed by atoms with Crippen molar-refractivity contribution in [2.24, 2.45) is 0 Å². The van der Waals surface area contributed by atoms with E-state index >= 15 is 0 Å². The second-order valence-electron chi connectivity index (χ2n) is 8.99. The van der Waals surface area contributed by atoms with Crippen LogP contribution >= 0.6 is 0 Å². The molecule has 39 heavy (non-hydrogen) atoms. The van der Waals surface area contributed by atoms with Crippen LogP contribution in [0.2, 0.25) is 0 Å². The van der Waals surface area contributed by atoms with Crippen molar-refractivity contribution < 1.29 is 27.1 Å². The fraction of sp³-hybridized carbons (Fsp3) is 0.310. The second kappa shape index (κ2) is 13.7. The van der Waals surface area contributed by atoms with Gasteiger partial charge in [0.05, 0.1) is 17.7 Å². The monoisotopic (exact) mass is 555 g/mol. The average Bonchev–Trinajstić information content (AvgIpc) is 2.95. The van der Waals surface area contributed by atoms with Gasteiger partial charge in [-0.3, -0.25) is 13.9 Å². The van der Waals surface area contributed by atoms with Gasteiger partial charge in [-0.15, -0.1) is 0 Å². The molecule has 0 radical (unpaired) electrons. The zero-order valence-electron chi connectivity index (χ0n) is 22.3. The highest BCUT2D eigenvalue weighted by Crippen LogP contribution is 2.25. The van der Waals surface area contributed by atoms with E-state index in [9.17, 15) is 22.4 Å². The van der Waals surface area contributed by atoms with Gasteiger partial charge in [0.25, 0.3) is 10.0 Å². The van der Waals surface area contributed by atoms with E-state index in [1.165, 1.54) is 29.2 Å². The van der Waals surface area contributed by atoms with Crippen LogP contribution < -0.4 is 14.4 Å². The Hall–Kier alpha value is -3.92. The number of nitrogens with zero attached hydrogens (tertiary/aromatic N) is 2. The summed E-state index contributed by atoms with van der Waals surface area (Å²) in [7, 11) is -2.65. The molecule has 1 N–H and O–H groups in total. The zero-order chi connectivity index (χ0) is 28.4. The lowest BCUT2D eigenvalue weighted by atomic mass is 10.1. The highest BCUT2D eigenvalue weighted by atomic mass is 32.2. The maximum absolute atomic E-state index is 13.8. The Kier molecular flexibility index (Phi) is 10.4. The first kappa shape index (κ1) is 29.6. The summed E-state index contributed by atoms with van der Waals surface area (Å²) < 4.78 is 47.1. The number of halogens is 1. The predicted molar refractivity (Wildman–Crippen MR) is 148 cm³/mol. The van der Waals surface area contributed by atoms with E-state index in [0.29, 0.717) is 12.3 Å². The van der Waals surface area contributed by atoms with Crippen LogP contribution in [0.4, 0.5) is 10.1 Å². The number of carbonyl (C=O) groups excluding carboxylic acids is 2. The summed E-state index contributed by atoms with van der Waals surface area (Å²) in [6, 6.07) is 18.7. The molecule has 0 aromatic heterocycles. The van der Waals surface area contributed by atoms with E-state index in [1.54, 1.807) is 56.5 Å². The Morgan fingerprint density at radius 1 is 0.974 bits per heavy atom. The van der Waals surface area contributed by atoms with E-state index in [2.05, 4.69) is 5.32 Å². The molecule has 8 nitrogen and oxygen atoms in total. The van der Waals surface area contributed by atoms with Crippen LogP contribution in [-0.4, -0.2) is 51.4 Å². The first-order chi connectivity index (χ1) is 18.7.